The molecule has 0 spiro atoms. The maximum Gasteiger partial charge on any atom is 0.226 e. The smallest absolute Gasteiger partial charge is 0.226 e. The standard InChI is InChI=1S/C23H30N4O2/c1-18-16-20(8-9-21(18)27-14-12-26(2)13-15-27)25-22(28)10-11-24-23(29)17-19-6-4-3-5-7-19/h3-9,16H,10-15,17H2,1-2H3,(H,24,29)(H,25,28). The van der Waals surface area contributed by atoms with Gasteiger partial charge in [-0.3, -0.25) is 9.59 Å². The molecule has 1 fully saturated rings. The summed E-state index contributed by atoms with van der Waals surface area (Å²) in [6.07, 6.45) is 0.579. The van der Waals surface area contributed by atoms with Crippen LogP contribution in [0.4, 0.5) is 11.4 Å². The van der Waals surface area contributed by atoms with E-state index in [-0.39, 0.29) is 18.2 Å². The number of carbonyl (C=O) groups excluding carboxylic acids is 2. The van der Waals surface area contributed by atoms with Gasteiger partial charge in [0.05, 0.1) is 6.42 Å². The largest absolute Gasteiger partial charge is 0.369 e. The number of piperazine rings is 1. The molecule has 0 aromatic heterocycles. The molecule has 3 rings (SSSR count). The molecule has 154 valence electrons. The number of likely N-dealkylation sites (N-methyl/N-ethyl adjacent to an activating group) is 1. The van der Waals surface area contributed by atoms with Crippen LogP contribution in [-0.4, -0.2) is 56.5 Å². The minimum atomic E-state index is -0.100. The van der Waals surface area contributed by atoms with Crippen molar-refractivity contribution >= 4 is 23.2 Å². The van der Waals surface area contributed by atoms with Crippen molar-refractivity contribution in [1.82, 2.24) is 10.2 Å². The van der Waals surface area contributed by atoms with E-state index >= 15 is 0 Å². The molecule has 6 heteroatoms. The summed E-state index contributed by atoms with van der Waals surface area (Å²) in [6.45, 7) is 6.57. The third-order valence-electron chi connectivity index (χ3n) is 5.21. The van der Waals surface area contributed by atoms with Gasteiger partial charge in [-0.1, -0.05) is 30.3 Å². The number of rotatable bonds is 7. The summed E-state index contributed by atoms with van der Waals surface area (Å²) in [5.41, 5.74) is 4.14. The molecule has 2 N–H and O–H groups in total. The number of hydrogen-bond acceptors (Lipinski definition) is 4. The van der Waals surface area contributed by atoms with Gasteiger partial charge in [0.1, 0.15) is 0 Å². The first-order valence-corrected chi connectivity index (χ1v) is 10.2. The van der Waals surface area contributed by atoms with Crippen LogP contribution in [0.15, 0.2) is 48.5 Å². The van der Waals surface area contributed by atoms with Crippen molar-refractivity contribution in [2.24, 2.45) is 0 Å². The fourth-order valence-corrected chi connectivity index (χ4v) is 3.52. The second-order valence-electron chi connectivity index (χ2n) is 7.60. The number of nitrogens with zero attached hydrogens (tertiary/aromatic N) is 2. The molecule has 2 amide bonds. The third kappa shape index (κ3) is 6.32. The lowest BCUT2D eigenvalue weighted by molar-refractivity contribution is -0.120. The average molecular weight is 395 g/mol. The molecule has 29 heavy (non-hydrogen) atoms. The minimum Gasteiger partial charge on any atom is -0.369 e. The Morgan fingerprint density at radius 3 is 2.38 bits per heavy atom. The average Bonchev–Trinajstić information content (AvgIpc) is 2.70. The molecule has 2 aromatic carbocycles. The fourth-order valence-electron chi connectivity index (χ4n) is 3.52. The van der Waals surface area contributed by atoms with Crippen molar-refractivity contribution in [3.63, 3.8) is 0 Å². The third-order valence-corrected chi connectivity index (χ3v) is 5.21. The quantitative estimate of drug-likeness (QED) is 0.757. The lowest BCUT2D eigenvalue weighted by Crippen LogP contribution is -2.44. The molecular formula is C23H30N4O2. The summed E-state index contributed by atoms with van der Waals surface area (Å²) in [7, 11) is 2.15. The zero-order chi connectivity index (χ0) is 20.6. The van der Waals surface area contributed by atoms with E-state index in [1.165, 1.54) is 5.69 Å². The van der Waals surface area contributed by atoms with Crippen molar-refractivity contribution in [3.8, 4) is 0 Å². The van der Waals surface area contributed by atoms with E-state index in [1.807, 2.05) is 42.5 Å². The molecule has 1 aliphatic rings. The van der Waals surface area contributed by atoms with Crippen LogP contribution >= 0.6 is 0 Å². The molecular weight excluding hydrogens is 364 g/mol. The molecule has 0 atom stereocenters. The van der Waals surface area contributed by atoms with Gasteiger partial charge in [0.15, 0.2) is 0 Å². The topological polar surface area (TPSA) is 64.7 Å². The highest BCUT2D eigenvalue weighted by Gasteiger charge is 2.16. The number of nitrogens with one attached hydrogen (secondary N) is 2. The molecule has 2 aromatic rings. The van der Waals surface area contributed by atoms with Gasteiger partial charge in [-0.15, -0.1) is 0 Å². The minimum absolute atomic E-state index is 0.0728. The van der Waals surface area contributed by atoms with Crippen LogP contribution < -0.4 is 15.5 Å². The number of carbonyl (C=O) groups is 2. The van der Waals surface area contributed by atoms with Crippen LogP contribution in [0.1, 0.15) is 17.5 Å². The van der Waals surface area contributed by atoms with Gasteiger partial charge in [0.2, 0.25) is 11.8 Å². The zero-order valence-corrected chi connectivity index (χ0v) is 17.3. The van der Waals surface area contributed by atoms with E-state index in [0.717, 1.165) is 43.0 Å². The van der Waals surface area contributed by atoms with Crippen LogP contribution in [0.2, 0.25) is 0 Å². The lowest BCUT2D eigenvalue weighted by Gasteiger charge is -2.35. The molecule has 1 saturated heterocycles. The molecule has 0 radical (unpaired) electrons. The first-order valence-electron chi connectivity index (χ1n) is 10.2. The Hall–Kier alpha value is -2.86. The van der Waals surface area contributed by atoms with E-state index in [9.17, 15) is 9.59 Å². The van der Waals surface area contributed by atoms with Gasteiger partial charge in [-0.25, -0.2) is 0 Å². The fraction of sp³-hybridized carbons (Fsp3) is 0.391. The number of amides is 2. The highest BCUT2D eigenvalue weighted by Crippen LogP contribution is 2.24. The number of aryl methyl sites for hydroxylation is 1. The molecule has 6 nitrogen and oxygen atoms in total. The van der Waals surface area contributed by atoms with Crippen molar-refractivity contribution in [2.75, 3.05) is 50.0 Å². The maximum absolute atomic E-state index is 12.2. The van der Waals surface area contributed by atoms with Crippen LogP contribution in [0.25, 0.3) is 0 Å². The van der Waals surface area contributed by atoms with Crippen LogP contribution in [0.3, 0.4) is 0 Å². The summed E-state index contributed by atoms with van der Waals surface area (Å²) < 4.78 is 0. The van der Waals surface area contributed by atoms with E-state index in [2.05, 4.69) is 40.5 Å². The Bertz CT molecular complexity index is 830. The van der Waals surface area contributed by atoms with Crippen molar-refractivity contribution in [1.29, 1.82) is 0 Å². The second kappa shape index (κ2) is 10.1. The Morgan fingerprint density at radius 2 is 1.69 bits per heavy atom. The highest BCUT2D eigenvalue weighted by atomic mass is 16.2. The van der Waals surface area contributed by atoms with Gasteiger partial charge in [0.25, 0.3) is 0 Å². The second-order valence-corrected chi connectivity index (χ2v) is 7.60. The van der Waals surface area contributed by atoms with E-state index in [0.29, 0.717) is 13.0 Å². The molecule has 1 aliphatic heterocycles. The molecule has 0 aliphatic carbocycles. The summed E-state index contributed by atoms with van der Waals surface area (Å²) in [4.78, 5) is 28.9. The Labute approximate surface area is 172 Å². The summed E-state index contributed by atoms with van der Waals surface area (Å²) in [5, 5.41) is 5.73. The molecule has 0 unspecified atom stereocenters. The monoisotopic (exact) mass is 394 g/mol. The van der Waals surface area contributed by atoms with Gasteiger partial charge in [0, 0.05) is 50.5 Å². The molecule has 0 saturated carbocycles. The van der Waals surface area contributed by atoms with Crippen LogP contribution in [-0.2, 0) is 16.0 Å². The van der Waals surface area contributed by atoms with E-state index in [4.69, 9.17) is 0 Å². The predicted octanol–water partition coefficient (Wildman–Crippen LogP) is 2.43. The van der Waals surface area contributed by atoms with Crippen molar-refractivity contribution < 1.29 is 9.59 Å². The Morgan fingerprint density at radius 1 is 0.966 bits per heavy atom. The SMILES string of the molecule is Cc1cc(NC(=O)CCNC(=O)Cc2ccccc2)ccc1N1CCN(C)CC1. The lowest BCUT2D eigenvalue weighted by atomic mass is 10.1. The molecule has 1 heterocycles. The number of benzene rings is 2. The Balaban J connectivity index is 1.43. The van der Waals surface area contributed by atoms with Crippen molar-refractivity contribution in [2.45, 2.75) is 19.8 Å². The van der Waals surface area contributed by atoms with E-state index < -0.39 is 0 Å². The van der Waals surface area contributed by atoms with Crippen molar-refractivity contribution in [3.05, 3.63) is 59.7 Å². The van der Waals surface area contributed by atoms with Crippen LogP contribution in [0, 0.1) is 6.92 Å². The summed E-state index contributed by atoms with van der Waals surface area (Å²) in [6, 6.07) is 15.6. The number of anilines is 2. The summed E-state index contributed by atoms with van der Waals surface area (Å²) in [5.74, 6) is -0.173. The normalized spacial score (nSPS) is 14.5. The maximum atomic E-state index is 12.2. The highest BCUT2D eigenvalue weighted by molar-refractivity contribution is 5.91. The zero-order valence-electron chi connectivity index (χ0n) is 17.3. The van der Waals surface area contributed by atoms with E-state index in [1.54, 1.807) is 0 Å². The van der Waals surface area contributed by atoms with Gasteiger partial charge < -0.3 is 20.4 Å². The van der Waals surface area contributed by atoms with Gasteiger partial charge in [-0.2, -0.15) is 0 Å². The summed E-state index contributed by atoms with van der Waals surface area (Å²) >= 11 is 0. The van der Waals surface area contributed by atoms with Gasteiger partial charge in [-0.05, 0) is 43.3 Å². The molecule has 0 bridgehead atoms. The van der Waals surface area contributed by atoms with Crippen LogP contribution in [0.5, 0.6) is 0 Å². The Kier molecular flexibility index (Phi) is 7.25. The van der Waals surface area contributed by atoms with Gasteiger partial charge >= 0.3 is 0 Å². The number of hydrogen-bond donors (Lipinski definition) is 2. The first-order chi connectivity index (χ1) is 14.0. The first kappa shape index (κ1) is 20.9. The predicted molar refractivity (Wildman–Crippen MR) is 117 cm³/mol.